The molecule has 0 amide bonds. The second-order valence-corrected chi connectivity index (χ2v) is 3.40. The number of Topliss-reactive ketones (excluding diaryl/α,β-unsaturated/α-hetero) is 1. The molecule has 0 saturated carbocycles. The van der Waals surface area contributed by atoms with Gasteiger partial charge in [0.1, 0.15) is 5.75 Å². The maximum absolute atomic E-state index is 11.6. The van der Waals surface area contributed by atoms with Gasteiger partial charge in [0, 0.05) is 19.0 Å². The number of hydrogen-bond acceptors (Lipinski definition) is 3. The fraction of sp³-hybridized carbons (Fsp3) is 0.417. The van der Waals surface area contributed by atoms with E-state index in [9.17, 15) is 4.79 Å². The van der Waals surface area contributed by atoms with E-state index in [0.717, 1.165) is 11.3 Å². The molecule has 82 valence electrons. The van der Waals surface area contributed by atoms with Crippen LogP contribution in [0.1, 0.15) is 29.3 Å². The van der Waals surface area contributed by atoms with Crippen molar-refractivity contribution >= 4 is 11.5 Å². The molecule has 0 radical (unpaired) electrons. The molecule has 3 heteroatoms. The molecule has 0 bridgehead atoms. The minimum Gasteiger partial charge on any atom is -0.495 e. The number of carbonyl (C=O) groups is 1. The lowest BCUT2D eigenvalue weighted by molar-refractivity contribution is 0.0988. The first-order valence-electron chi connectivity index (χ1n) is 5.03. The fourth-order valence-electron chi connectivity index (χ4n) is 1.60. The van der Waals surface area contributed by atoms with Gasteiger partial charge >= 0.3 is 0 Å². The van der Waals surface area contributed by atoms with E-state index in [0.29, 0.717) is 17.7 Å². The Labute approximate surface area is 90.4 Å². The topological polar surface area (TPSA) is 38.3 Å². The Morgan fingerprint density at radius 2 is 2.13 bits per heavy atom. The number of methoxy groups -OCH3 is 1. The van der Waals surface area contributed by atoms with Crippen molar-refractivity contribution in [2.75, 3.05) is 19.5 Å². The normalized spacial score (nSPS) is 9.87. The van der Waals surface area contributed by atoms with E-state index in [2.05, 4.69) is 5.32 Å². The smallest absolute Gasteiger partial charge is 0.162 e. The standard InChI is InChI=1S/C12H17NO2/c1-5-10(14)9-6-8(2)12(13-3)11(7-9)15-4/h6-7,13H,5H2,1-4H3. The van der Waals surface area contributed by atoms with Gasteiger partial charge in [0.2, 0.25) is 0 Å². The van der Waals surface area contributed by atoms with Gasteiger partial charge in [-0.2, -0.15) is 0 Å². The Morgan fingerprint density at radius 3 is 2.60 bits per heavy atom. The Bertz CT molecular complexity index is 372. The summed E-state index contributed by atoms with van der Waals surface area (Å²) in [6.07, 6.45) is 0.515. The highest BCUT2D eigenvalue weighted by Crippen LogP contribution is 2.29. The van der Waals surface area contributed by atoms with Crippen LogP contribution in [0.3, 0.4) is 0 Å². The van der Waals surface area contributed by atoms with Gasteiger partial charge in [-0.15, -0.1) is 0 Å². The molecule has 0 saturated heterocycles. The van der Waals surface area contributed by atoms with Crippen molar-refractivity contribution in [1.29, 1.82) is 0 Å². The van der Waals surface area contributed by atoms with Gasteiger partial charge in [-0.25, -0.2) is 0 Å². The summed E-state index contributed by atoms with van der Waals surface area (Å²) in [5.74, 6) is 0.855. The number of hydrogen-bond donors (Lipinski definition) is 1. The van der Waals surface area contributed by atoms with Crippen LogP contribution in [0.4, 0.5) is 5.69 Å². The van der Waals surface area contributed by atoms with E-state index >= 15 is 0 Å². The van der Waals surface area contributed by atoms with Gasteiger partial charge in [-0.1, -0.05) is 6.92 Å². The molecule has 1 rings (SSSR count). The molecule has 0 aromatic heterocycles. The summed E-state index contributed by atoms with van der Waals surface area (Å²) in [4.78, 5) is 11.6. The lowest BCUT2D eigenvalue weighted by atomic mass is 10.0. The number of benzene rings is 1. The first-order valence-corrected chi connectivity index (χ1v) is 5.03. The van der Waals surface area contributed by atoms with Crippen LogP contribution in [0.5, 0.6) is 5.75 Å². The van der Waals surface area contributed by atoms with Gasteiger partial charge in [0.15, 0.2) is 5.78 Å². The molecule has 0 fully saturated rings. The number of ketones is 1. The third-order valence-corrected chi connectivity index (χ3v) is 2.41. The van der Waals surface area contributed by atoms with Crippen molar-refractivity contribution in [1.82, 2.24) is 0 Å². The Balaban J connectivity index is 3.25. The molecule has 0 aliphatic rings. The summed E-state index contributed by atoms with van der Waals surface area (Å²) in [7, 11) is 3.45. The van der Waals surface area contributed by atoms with Crippen LogP contribution >= 0.6 is 0 Å². The van der Waals surface area contributed by atoms with E-state index in [1.807, 2.05) is 27.0 Å². The zero-order chi connectivity index (χ0) is 11.4. The molecule has 1 aromatic rings. The molecule has 1 N–H and O–H groups in total. The largest absolute Gasteiger partial charge is 0.495 e. The second-order valence-electron chi connectivity index (χ2n) is 3.40. The van der Waals surface area contributed by atoms with E-state index in [4.69, 9.17) is 4.74 Å². The second kappa shape index (κ2) is 4.82. The van der Waals surface area contributed by atoms with E-state index < -0.39 is 0 Å². The Kier molecular flexibility index (Phi) is 3.72. The van der Waals surface area contributed by atoms with Crippen LogP contribution in [0.2, 0.25) is 0 Å². The van der Waals surface area contributed by atoms with E-state index in [1.54, 1.807) is 13.2 Å². The minimum absolute atomic E-state index is 0.138. The summed E-state index contributed by atoms with van der Waals surface area (Å²) in [5, 5.41) is 3.06. The molecule has 0 spiro atoms. The Morgan fingerprint density at radius 1 is 1.47 bits per heavy atom. The molecular weight excluding hydrogens is 190 g/mol. The highest BCUT2D eigenvalue weighted by atomic mass is 16.5. The minimum atomic E-state index is 0.138. The molecular formula is C12H17NO2. The molecule has 0 aliphatic carbocycles. The number of nitrogens with one attached hydrogen (secondary N) is 1. The highest BCUT2D eigenvalue weighted by Gasteiger charge is 2.10. The van der Waals surface area contributed by atoms with Crippen molar-refractivity contribution in [2.24, 2.45) is 0 Å². The molecule has 0 aliphatic heterocycles. The average molecular weight is 207 g/mol. The predicted molar refractivity (Wildman–Crippen MR) is 61.9 cm³/mol. The summed E-state index contributed by atoms with van der Waals surface area (Å²) < 4.78 is 5.24. The number of ether oxygens (including phenoxy) is 1. The van der Waals surface area contributed by atoms with Gasteiger partial charge in [0.05, 0.1) is 12.8 Å². The van der Waals surface area contributed by atoms with Gasteiger partial charge < -0.3 is 10.1 Å². The summed E-state index contributed by atoms with van der Waals surface area (Å²) in [6.45, 7) is 3.82. The Hall–Kier alpha value is -1.51. The number of rotatable bonds is 4. The van der Waals surface area contributed by atoms with Crippen LogP contribution in [-0.2, 0) is 0 Å². The van der Waals surface area contributed by atoms with Crippen molar-refractivity contribution in [3.63, 3.8) is 0 Å². The lowest BCUT2D eigenvalue weighted by Crippen LogP contribution is -2.02. The summed E-state index contributed by atoms with van der Waals surface area (Å²) in [6, 6.07) is 3.67. The lowest BCUT2D eigenvalue weighted by Gasteiger charge is -2.12. The van der Waals surface area contributed by atoms with Crippen LogP contribution in [-0.4, -0.2) is 19.9 Å². The first kappa shape index (κ1) is 11.6. The van der Waals surface area contributed by atoms with Crippen molar-refractivity contribution in [2.45, 2.75) is 20.3 Å². The average Bonchev–Trinajstić information content (AvgIpc) is 2.26. The van der Waals surface area contributed by atoms with Crippen LogP contribution in [0, 0.1) is 6.92 Å². The van der Waals surface area contributed by atoms with Gasteiger partial charge in [-0.05, 0) is 24.6 Å². The quantitative estimate of drug-likeness (QED) is 0.771. The van der Waals surface area contributed by atoms with E-state index in [-0.39, 0.29) is 5.78 Å². The predicted octanol–water partition coefficient (Wildman–Crippen LogP) is 2.64. The van der Waals surface area contributed by atoms with Crippen molar-refractivity contribution in [3.05, 3.63) is 23.3 Å². The number of anilines is 1. The molecule has 0 atom stereocenters. The van der Waals surface area contributed by atoms with Crippen LogP contribution in [0.15, 0.2) is 12.1 Å². The van der Waals surface area contributed by atoms with Crippen molar-refractivity contribution < 1.29 is 9.53 Å². The molecule has 15 heavy (non-hydrogen) atoms. The molecule has 3 nitrogen and oxygen atoms in total. The zero-order valence-corrected chi connectivity index (χ0v) is 9.68. The van der Waals surface area contributed by atoms with Gasteiger partial charge in [-0.3, -0.25) is 4.79 Å². The van der Waals surface area contributed by atoms with E-state index in [1.165, 1.54) is 0 Å². The maximum Gasteiger partial charge on any atom is 0.162 e. The summed E-state index contributed by atoms with van der Waals surface area (Å²) in [5.41, 5.74) is 2.67. The third-order valence-electron chi connectivity index (χ3n) is 2.41. The molecule has 0 heterocycles. The maximum atomic E-state index is 11.6. The van der Waals surface area contributed by atoms with Crippen LogP contribution < -0.4 is 10.1 Å². The SMILES string of the molecule is CCC(=O)c1cc(C)c(NC)c(OC)c1. The monoisotopic (exact) mass is 207 g/mol. The van der Waals surface area contributed by atoms with Crippen LogP contribution in [0.25, 0.3) is 0 Å². The molecule has 0 unspecified atom stereocenters. The third kappa shape index (κ3) is 2.29. The zero-order valence-electron chi connectivity index (χ0n) is 9.68. The first-order chi connectivity index (χ1) is 7.13. The summed E-state index contributed by atoms with van der Waals surface area (Å²) >= 11 is 0. The molecule has 1 aromatic carbocycles. The van der Waals surface area contributed by atoms with Gasteiger partial charge in [0.25, 0.3) is 0 Å². The number of carbonyl (C=O) groups excluding carboxylic acids is 1. The number of aryl methyl sites for hydroxylation is 1. The highest BCUT2D eigenvalue weighted by molar-refractivity contribution is 5.97. The fourth-order valence-corrected chi connectivity index (χ4v) is 1.60. The van der Waals surface area contributed by atoms with Crippen molar-refractivity contribution in [3.8, 4) is 5.75 Å².